The Morgan fingerprint density at radius 3 is 2.62 bits per heavy atom. The second-order valence-corrected chi connectivity index (χ2v) is 6.63. The van der Waals surface area contributed by atoms with E-state index in [0.29, 0.717) is 24.6 Å². The summed E-state index contributed by atoms with van der Waals surface area (Å²) in [5.74, 6) is 0. The van der Waals surface area contributed by atoms with Gasteiger partial charge < -0.3 is 10.5 Å². The molecular weight excluding hydrogens is 260 g/mol. The van der Waals surface area contributed by atoms with Crippen molar-refractivity contribution < 1.29 is 4.74 Å². The first-order valence-corrected chi connectivity index (χ1v) is 8.14. The largest absolute Gasteiger partial charge is 0.380 e. The Hall–Kier alpha value is -0.900. The van der Waals surface area contributed by atoms with Crippen molar-refractivity contribution in [1.29, 1.82) is 0 Å². The number of nitrogens with two attached hydrogens (primary N) is 1. The molecule has 1 fully saturated rings. The van der Waals surface area contributed by atoms with Gasteiger partial charge in [0.25, 0.3) is 0 Å². The van der Waals surface area contributed by atoms with Crippen molar-refractivity contribution in [3.63, 3.8) is 0 Å². The minimum atomic E-state index is 0.336. The van der Waals surface area contributed by atoms with E-state index in [9.17, 15) is 0 Å². The maximum absolute atomic E-state index is 6.09. The molecule has 0 aliphatic carbocycles. The molecule has 1 aromatic rings. The topological polar surface area (TPSA) is 38.5 Å². The third-order valence-corrected chi connectivity index (χ3v) is 5.17. The smallest absolute Gasteiger partial charge is 0.0713 e. The Morgan fingerprint density at radius 1 is 1.33 bits per heavy atom. The lowest BCUT2D eigenvalue weighted by atomic mass is 9.77. The van der Waals surface area contributed by atoms with Crippen LogP contribution < -0.4 is 5.73 Å². The van der Waals surface area contributed by atoms with Gasteiger partial charge in [-0.1, -0.05) is 44.5 Å². The van der Waals surface area contributed by atoms with Gasteiger partial charge in [0.15, 0.2) is 0 Å². The Morgan fingerprint density at radius 2 is 2.05 bits per heavy atom. The van der Waals surface area contributed by atoms with E-state index in [1.807, 2.05) is 0 Å². The predicted octanol–water partition coefficient (Wildman–Crippen LogP) is 3.34. The maximum Gasteiger partial charge on any atom is 0.0713 e. The van der Waals surface area contributed by atoms with Gasteiger partial charge in [0.1, 0.15) is 0 Å². The number of nitrogens with zero attached hydrogens (tertiary/aromatic N) is 1. The lowest BCUT2D eigenvalue weighted by Gasteiger charge is -2.42. The van der Waals surface area contributed by atoms with Crippen LogP contribution in [0.15, 0.2) is 24.3 Å². The standard InChI is InChI=1S/C18H30N2O/c1-4-18(2)8-10-20(11-9-18)17(13-19)16-7-5-6-15(12-16)14-21-3/h5-7,12,17H,4,8-11,13-14,19H2,1-3H3. The Labute approximate surface area is 129 Å². The number of ether oxygens (including phenoxy) is 1. The van der Waals surface area contributed by atoms with E-state index in [-0.39, 0.29) is 0 Å². The summed E-state index contributed by atoms with van der Waals surface area (Å²) in [4.78, 5) is 2.56. The minimum Gasteiger partial charge on any atom is -0.380 e. The zero-order valence-electron chi connectivity index (χ0n) is 13.8. The molecule has 1 aromatic carbocycles. The van der Waals surface area contributed by atoms with Crippen LogP contribution in [0.2, 0.25) is 0 Å². The maximum atomic E-state index is 6.09. The van der Waals surface area contributed by atoms with E-state index in [4.69, 9.17) is 10.5 Å². The number of hydrogen-bond acceptors (Lipinski definition) is 3. The summed E-state index contributed by atoms with van der Waals surface area (Å²) < 4.78 is 5.24. The number of hydrogen-bond donors (Lipinski definition) is 1. The first-order chi connectivity index (χ1) is 10.1. The lowest BCUT2D eigenvalue weighted by Crippen LogP contribution is -2.42. The second kappa shape index (κ2) is 7.39. The van der Waals surface area contributed by atoms with E-state index in [0.717, 1.165) is 13.1 Å². The van der Waals surface area contributed by atoms with Gasteiger partial charge in [-0.15, -0.1) is 0 Å². The Bertz CT molecular complexity index is 439. The van der Waals surface area contributed by atoms with E-state index < -0.39 is 0 Å². The van der Waals surface area contributed by atoms with Gasteiger partial charge in [-0.05, 0) is 42.5 Å². The van der Waals surface area contributed by atoms with E-state index in [1.54, 1.807) is 7.11 Å². The molecule has 0 spiro atoms. The van der Waals surface area contributed by atoms with Crippen molar-refractivity contribution in [1.82, 2.24) is 4.90 Å². The van der Waals surface area contributed by atoms with E-state index in [1.165, 1.54) is 30.4 Å². The summed E-state index contributed by atoms with van der Waals surface area (Å²) >= 11 is 0. The molecule has 1 unspecified atom stereocenters. The third kappa shape index (κ3) is 4.06. The normalized spacial score (nSPS) is 20.4. The molecular formula is C18H30N2O. The molecule has 1 saturated heterocycles. The lowest BCUT2D eigenvalue weighted by molar-refractivity contribution is 0.0828. The van der Waals surface area contributed by atoms with Gasteiger partial charge >= 0.3 is 0 Å². The summed E-state index contributed by atoms with van der Waals surface area (Å²) in [5, 5.41) is 0. The van der Waals surface area contributed by atoms with Gasteiger partial charge in [0.2, 0.25) is 0 Å². The predicted molar refractivity (Wildman–Crippen MR) is 88.2 cm³/mol. The molecule has 0 bridgehead atoms. The van der Waals surface area contributed by atoms with E-state index in [2.05, 4.69) is 43.0 Å². The fourth-order valence-electron chi connectivity index (χ4n) is 3.28. The quantitative estimate of drug-likeness (QED) is 0.873. The number of piperidine rings is 1. The SMILES string of the molecule is CCC1(C)CCN(C(CN)c2cccc(COC)c2)CC1. The highest BCUT2D eigenvalue weighted by Crippen LogP contribution is 2.36. The highest BCUT2D eigenvalue weighted by Gasteiger charge is 2.31. The van der Waals surface area contributed by atoms with Crippen molar-refractivity contribution in [3.05, 3.63) is 35.4 Å². The average Bonchev–Trinajstić information content (AvgIpc) is 2.51. The molecule has 0 saturated carbocycles. The average molecular weight is 290 g/mol. The van der Waals surface area contributed by atoms with Crippen LogP contribution >= 0.6 is 0 Å². The summed E-state index contributed by atoms with van der Waals surface area (Å²) in [6.45, 7) is 8.38. The van der Waals surface area contributed by atoms with E-state index >= 15 is 0 Å². The van der Waals surface area contributed by atoms with Crippen LogP contribution in [0.25, 0.3) is 0 Å². The molecule has 3 nitrogen and oxygen atoms in total. The van der Waals surface area contributed by atoms with Crippen LogP contribution in [0, 0.1) is 5.41 Å². The molecule has 0 amide bonds. The molecule has 3 heteroatoms. The van der Waals surface area contributed by atoms with Crippen LogP contribution in [0.5, 0.6) is 0 Å². The molecule has 0 aromatic heterocycles. The number of benzene rings is 1. The van der Waals surface area contributed by atoms with Crippen molar-refractivity contribution >= 4 is 0 Å². The zero-order chi connectivity index (χ0) is 15.3. The summed E-state index contributed by atoms with van der Waals surface area (Å²) in [7, 11) is 1.74. The van der Waals surface area contributed by atoms with Crippen LogP contribution in [0.4, 0.5) is 0 Å². The van der Waals surface area contributed by atoms with Crippen molar-refractivity contribution in [2.24, 2.45) is 11.1 Å². The van der Waals surface area contributed by atoms with Gasteiger partial charge in [-0.3, -0.25) is 4.90 Å². The Balaban J connectivity index is 2.08. The molecule has 21 heavy (non-hydrogen) atoms. The van der Waals surface area contributed by atoms with Gasteiger partial charge in [0, 0.05) is 19.7 Å². The number of likely N-dealkylation sites (tertiary alicyclic amines) is 1. The number of methoxy groups -OCH3 is 1. The number of rotatable bonds is 6. The molecule has 118 valence electrons. The molecule has 1 heterocycles. The van der Waals surface area contributed by atoms with Crippen molar-refractivity contribution in [3.8, 4) is 0 Å². The van der Waals surface area contributed by atoms with Crippen molar-refractivity contribution in [2.45, 2.75) is 45.8 Å². The summed E-state index contributed by atoms with van der Waals surface area (Å²) in [6, 6.07) is 9.01. The second-order valence-electron chi connectivity index (χ2n) is 6.63. The van der Waals surface area contributed by atoms with Crippen LogP contribution in [-0.4, -0.2) is 31.6 Å². The zero-order valence-corrected chi connectivity index (χ0v) is 13.8. The summed E-state index contributed by atoms with van der Waals surface area (Å²) in [5.41, 5.74) is 9.16. The van der Waals surface area contributed by atoms with Gasteiger partial charge in [-0.25, -0.2) is 0 Å². The monoisotopic (exact) mass is 290 g/mol. The van der Waals surface area contributed by atoms with Crippen LogP contribution in [-0.2, 0) is 11.3 Å². The molecule has 2 rings (SSSR count). The Kier molecular flexibility index (Phi) is 5.80. The molecule has 2 N–H and O–H groups in total. The first kappa shape index (κ1) is 16.5. The van der Waals surface area contributed by atoms with Gasteiger partial charge in [-0.2, -0.15) is 0 Å². The summed E-state index contributed by atoms with van der Waals surface area (Å²) in [6.07, 6.45) is 3.83. The fraction of sp³-hybridized carbons (Fsp3) is 0.667. The highest BCUT2D eigenvalue weighted by molar-refractivity contribution is 5.26. The van der Waals surface area contributed by atoms with Crippen LogP contribution in [0.1, 0.15) is 50.3 Å². The molecule has 1 atom stereocenters. The van der Waals surface area contributed by atoms with Crippen molar-refractivity contribution in [2.75, 3.05) is 26.7 Å². The molecule has 1 aliphatic rings. The van der Waals surface area contributed by atoms with Gasteiger partial charge in [0.05, 0.1) is 6.61 Å². The molecule has 1 aliphatic heterocycles. The highest BCUT2D eigenvalue weighted by atomic mass is 16.5. The third-order valence-electron chi connectivity index (χ3n) is 5.17. The minimum absolute atomic E-state index is 0.336. The first-order valence-electron chi connectivity index (χ1n) is 8.14. The van der Waals surface area contributed by atoms with Crippen LogP contribution in [0.3, 0.4) is 0 Å². The molecule has 0 radical (unpaired) electrons. The fourth-order valence-corrected chi connectivity index (χ4v) is 3.28.